The molecule has 0 amide bonds. The second-order valence-corrected chi connectivity index (χ2v) is 8.33. The third-order valence-electron chi connectivity index (χ3n) is 3.90. The topological polar surface area (TPSA) is 76.0 Å². The van der Waals surface area contributed by atoms with Crippen LogP contribution < -0.4 is 0 Å². The van der Waals surface area contributed by atoms with Crippen molar-refractivity contribution >= 4 is 37.6 Å². The molecule has 0 fully saturated rings. The highest BCUT2D eigenvalue weighted by molar-refractivity contribution is 9.10. The zero-order valence-corrected chi connectivity index (χ0v) is 16.4. The highest BCUT2D eigenvalue weighted by Gasteiger charge is 2.41. The molecule has 3 rings (SSSR count). The number of carbonyl (C=O) groups is 1. The first-order chi connectivity index (χ1) is 12.4. The third kappa shape index (κ3) is 3.66. The Balaban J connectivity index is 2.02. The molecular weight excluding hydrogens is 420 g/mol. The van der Waals surface area contributed by atoms with E-state index in [-0.39, 0.29) is 17.9 Å². The molecule has 6 nitrogen and oxygen atoms in total. The van der Waals surface area contributed by atoms with Gasteiger partial charge in [-0.3, -0.25) is 0 Å². The van der Waals surface area contributed by atoms with Crippen LogP contribution in [0.3, 0.4) is 0 Å². The molecule has 136 valence electrons. The molecule has 0 radical (unpaired) electrons. The first kappa shape index (κ1) is 18.6. The van der Waals surface area contributed by atoms with E-state index in [1.165, 1.54) is 12.1 Å². The van der Waals surface area contributed by atoms with Crippen LogP contribution in [-0.4, -0.2) is 37.2 Å². The quantitative estimate of drug-likeness (QED) is 0.674. The fourth-order valence-corrected chi connectivity index (χ4v) is 4.33. The minimum atomic E-state index is -3.96. The molecule has 0 saturated carbocycles. The molecule has 1 unspecified atom stereocenters. The minimum Gasteiger partial charge on any atom is -0.464 e. The predicted octanol–water partition coefficient (Wildman–Crippen LogP) is 3.18. The number of benzene rings is 2. The molecule has 0 N–H and O–H groups in total. The van der Waals surface area contributed by atoms with Crippen LogP contribution >= 0.6 is 15.9 Å². The molecule has 1 aliphatic rings. The van der Waals surface area contributed by atoms with E-state index in [1.807, 2.05) is 24.3 Å². The van der Waals surface area contributed by atoms with Crippen LogP contribution in [0.2, 0.25) is 0 Å². The Morgan fingerprint density at radius 3 is 2.46 bits per heavy atom. The van der Waals surface area contributed by atoms with Gasteiger partial charge in [0.25, 0.3) is 10.0 Å². The summed E-state index contributed by atoms with van der Waals surface area (Å²) in [6.07, 6.45) is 0.159. The second kappa shape index (κ2) is 7.59. The Kier molecular flexibility index (Phi) is 5.43. The highest BCUT2D eigenvalue weighted by Crippen LogP contribution is 2.28. The van der Waals surface area contributed by atoms with E-state index in [0.717, 1.165) is 14.5 Å². The van der Waals surface area contributed by atoms with Crippen molar-refractivity contribution < 1.29 is 17.9 Å². The van der Waals surface area contributed by atoms with Gasteiger partial charge in [-0.15, -0.1) is 0 Å². The van der Waals surface area contributed by atoms with Gasteiger partial charge < -0.3 is 4.74 Å². The Hall–Kier alpha value is -2.19. The minimum absolute atomic E-state index is 0.0788. The van der Waals surface area contributed by atoms with E-state index in [0.29, 0.717) is 5.71 Å². The van der Waals surface area contributed by atoms with E-state index in [2.05, 4.69) is 21.0 Å². The van der Waals surface area contributed by atoms with Crippen LogP contribution in [0.25, 0.3) is 0 Å². The molecule has 8 heteroatoms. The van der Waals surface area contributed by atoms with E-state index in [4.69, 9.17) is 4.74 Å². The molecule has 0 aliphatic carbocycles. The van der Waals surface area contributed by atoms with Gasteiger partial charge in [0.2, 0.25) is 0 Å². The van der Waals surface area contributed by atoms with Crippen LogP contribution in [0.4, 0.5) is 0 Å². The van der Waals surface area contributed by atoms with E-state index in [9.17, 15) is 13.2 Å². The van der Waals surface area contributed by atoms with Gasteiger partial charge in [0.1, 0.15) is 0 Å². The summed E-state index contributed by atoms with van der Waals surface area (Å²) in [4.78, 5) is 12.4. The third-order valence-corrected chi connectivity index (χ3v) is 6.12. The van der Waals surface area contributed by atoms with Gasteiger partial charge in [0, 0.05) is 10.9 Å². The summed E-state index contributed by atoms with van der Waals surface area (Å²) in [6.45, 7) is 1.85. The smallest absolute Gasteiger partial charge is 0.332 e. The molecule has 2 aromatic carbocycles. The lowest BCUT2D eigenvalue weighted by atomic mass is 10.0. The lowest BCUT2D eigenvalue weighted by Gasteiger charge is -2.21. The van der Waals surface area contributed by atoms with Crippen molar-refractivity contribution in [2.75, 3.05) is 6.61 Å². The van der Waals surface area contributed by atoms with Crippen molar-refractivity contribution in [3.8, 4) is 0 Å². The number of hydrogen-bond donors (Lipinski definition) is 0. The number of nitrogens with zero attached hydrogens (tertiary/aromatic N) is 2. The lowest BCUT2D eigenvalue weighted by molar-refractivity contribution is -0.147. The van der Waals surface area contributed by atoms with Gasteiger partial charge in [-0.2, -0.15) is 17.9 Å². The number of ether oxygens (including phenoxy) is 1. The zero-order chi connectivity index (χ0) is 18.7. The maximum atomic E-state index is 13.0. The Morgan fingerprint density at radius 1 is 1.19 bits per heavy atom. The number of rotatable bonds is 5. The van der Waals surface area contributed by atoms with Crippen LogP contribution in [-0.2, 0) is 19.6 Å². The summed E-state index contributed by atoms with van der Waals surface area (Å²) >= 11 is 3.36. The monoisotopic (exact) mass is 436 g/mol. The number of esters is 1. The summed E-state index contributed by atoms with van der Waals surface area (Å²) in [7, 11) is -3.96. The van der Waals surface area contributed by atoms with Crippen molar-refractivity contribution in [1.82, 2.24) is 4.41 Å². The van der Waals surface area contributed by atoms with Crippen molar-refractivity contribution in [1.29, 1.82) is 0 Å². The van der Waals surface area contributed by atoms with Crippen molar-refractivity contribution in [2.45, 2.75) is 24.3 Å². The Bertz CT molecular complexity index is 927. The van der Waals surface area contributed by atoms with Crippen molar-refractivity contribution in [3.05, 3.63) is 64.6 Å². The fraction of sp³-hybridized carbons (Fsp3) is 0.222. The molecule has 1 heterocycles. The number of sulfonamides is 1. The maximum Gasteiger partial charge on any atom is 0.332 e. The molecule has 1 aliphatic heterocycles. The highest BCUT2D eigenvalue weighted by atomic mass is 79.9. The van der Waals surface area contributed by atoms with Gasteiger partial charge in [-0.05, 0) is 36.8 Å². The summed E-state index contributed by atoms with van der Waals surface area (Å²) < 4.78 is 32.8. The van der Waals surface area contributed by atoms with Crippen LogP contribution in [0.5, 0.6) is 0 Å². The summed E-state index contributed by atoms with van der Waals surface area (Å²) in [5, 5.41) is 4.27. The number of halogens is 1. The lowest BCUT2D eigenvalue weighted by Crippen LogP contribution is -2.39. The van der Waals surface area contributed by atoms with Crippen molar-refractivity contribution in [2.24, 2.45) is 5.10 Å². The Morgan fingerprint density at radius 2 is 1.85 bits per heavy atom. The largest absolute Gasteiger partial charge is 0.464 e. The van der Waals surface area contributed by atoms with Gasteiger partial charge in [0.15, 0.2) is 6.04 Å². The molecule has 2 aromatic rings. The van der Waals surface area contributed by atoms with E-state index < -0.39 is 22.0 Å². The summed E-state index contributed by atoms with van der Waals surface area (Å²) in [5.41, 5.74) is 1.28. The van der Waals surface area contributed by atoms with E-state index >= 15 is 0 Å². The average Bonchev–Trinajstić information content (AvgIpc) is 3.10. The first-order valence-electron chi connectivity index (χ1n) is 8.03. The molecule has 0 aromatic heterocycles. The SMILES string of the molecule is CCOC(=O)C1CC(c2ccc(Br)cc2)=NN1S(=O)(=O)c1ccccc1. The second-order valence-electron chi connectivity index (χ2n) is 5.62. The standard InChI is InChI=1S/C18H17BrN2O4S/c1-2-25-18(22)17-12-16(13-8-10-14(19)11-9-13)20-21(17)26(23,24)15-6-4-3-5-7-15/h3-11,17H,2,12H2,1H3. The number of hydrazone groups is 1. The molecule has 0 saturated heterocycles. The van der Waals surface area contributed by atoms with Crippen LogP contribution in [0.15, 0.2) is 69.1 Å². The maximum absolute atomic E-state index is 13.0. The average molecular weight is 437 g/mol. The molecule has 26 heavy (non-hydrogen) atoms. The van der Waals surface area contributed by atoms with Crippen LogP contribution in [0.1, 0.15) is 18.9 Å². The number of carbonyl (C=O) groups excluding carboxylic acids is 1. The number of hydrogen-bond acceptors (Lipinski definition) is 5. The Labute approximate surface area is 160 Å². The summed E-state index contributed by atoms with van der Waals surface area (Å²) in [5.74, 6) is -0.608. The molecular formula is C18H17BrN2O4S. The molecule has 0 spiro atoms. The first-order valence-corrected chi connectivity index (χ1v) is 10.3. The van der Waals surface area contributed by atoms with Crippen molar-refractivity contribution in [3.63, 3.8) is 0 Å². The molecule has 0 bridgehead atoms. The summed E-state index contributed by atoms with van der Waals surface area (Å²) in [6, 6.07) is 14.2. The van der Waals surface area contributed by atoms with E-state index in [1.54, 1.807) is 25.1 Å². The van der Waals surface area contributed by atoms with Gasteiger partial charge in [-0.25, -0.2) is 4.79 Å². The fourth-order valence-electron chi connectivity index (χ4n) is 2.64. The van der Waals surface area contributed by atoms with Gasteiger partial charge in [0.05, 0.1) is 17.2 Å². The normalized spacial score (nSPS) is 17.1. The van der Waals surface area contributed by atoms with Gasteiger partial charge >= 0.3 is 5.97 Å². The predicted molar refractivity (Wildman–Crippen MR) is 101 cm³/mol. The van der Waals surface area contributed by atoms with Gasteiger partial charge in [-0.1, -0.05) is 46.3 Å². The molecule has 1 atom stereocenters. The van der Waals surface area contributed by atoms with Crippen LogP contribution in [0, 0.1) is 0 Å². The zero-order valence-electron chi connectivity index (χ0n) is 14.0.